The minimum atomic E-state index is -3.39. The molecule has 0 aliphatic heterocycles. The number of nitrogens with zero attached hydrogens (tertiary/aromatic N) is 2. The van der Waals surface area contributed by atoms with E-state index in [-0.39, 0.29) is 12.6 Å². The fraction of sp³-hybridized carbons (Fsp3) is 1.00. The second kappa shape index (κ2) is 8.02. The molecule has 5 nitrogen and oxygen atoms in total. The van der Waals surface area contributed by atoms with Gasteiger partial charge in [0.2, 0.25) is 0 Å². The zero-order valence-corrected chi connectivity index (χ0v) is 12.2. The molecule has 0 aromatic rings. The SMILES string of the molecule is CCCCN(C)S(=O)(=O)N(CCCO)C(C)C. The lowest BCUT2D eigenvalue weighted by atomic mass is 10.3. The quantitative estimate of drug-likeness (QED) is 0.679. The van der Waals surface area contributed by atoms with Crippen LogP contribution in [0.15, 0.2) is 0 Å². The van der Waals surface area contributed by atoms with Gasteiger partial charge in [-0.2, -0.15) is 17.0 Å². The molecular weight excluding hydrogens is 240 g/mol. The molecule has 6 heteroatoms. The average Bonchev–Trinajstić information content (AvgIpc) is 2.25. The highest BCUT2D eigenvalue weighted by atomic mass is 32.2. The lowest BCUT2D eigenvalue weighted by Gasteiger charge is -2.30. The van der Waals surface area contributed by atoms with E-state index in [0.29, 0.717) is 19.5 Å². The molecule has 0 saturated carbocycles. The Morgan fingerprint density at radius 3 is 2.18 bits per heavy atom. The zero-order valence-electron chi connectivity index (χ0n) is 11.4. The van der Waals surface area contributed by atoms with Crippen LogP contribution in [0.1, 0.15) is 40.0 Å². The van der Waals surface area contributed by atoms with E-state index >= 15 is 0 Å². The highest BCUT2D eigenvalue weighted by Gasteiger charge is 2.28. The van der Waals surface area contributed by atoms with Crippen molar-refractivity contribution in [2.75, 3.05) is 26.7 Å². The molecule has 0 bridgehead atoms. The Balaban J connectivity index is 4.70. The van der Waals surface area contributed by atoms with E-state index in [0.717, 1.165) is 12.8 Å². The van der Waals surface area contributed by atoms with Gasteiger partial charge in [-0.3, -0.25) is 0 Å². The van der Waals surface area contributed by atoms with Crippen molar-refractivity contribution in [1.29, 1.82) is 0 Å². The first-order valence-corrected chi connectivity index (χ1v) is 7.61. The van der Waals surface area contributed by atoms with Crippen LogP contribution in [0.25, 0.3) is 0 Å². The summed E-state index contributed by atoms with van der Waals surface area (Å²) in [6, 6.07) is -0.0874. The van der Waals surface area contributed by atoms with Gasteiger partial charge >= 0.3 is 0 Å². The van der Waals surface area contributed by atoms with Gasteiger partial charge in [0.25, 0.3) is 10.2 Å². The molecule has 0 aromatic heterocycles. The van der Waals surface area contributed by atoms with Gasteiger partial charge in [0, 0.05) is 32.8 Å². The molecule has 0 rings (SSSR count). The summed E-state index contributed by atoms with van der Waals surface area (Å²) in [5.41, 5.74) is 0. The molecule has 0 aliphatic carbocycles. The maximum atomic E-state index is 12.3. The minimum Gasteiger partial charge on any atom is -0.396 e. The molecular formula is C11H26N2O3S. The monoisotopic (exact) mass is 266 g/mol. The molecule has 0 radical (unpaired) electrons. The standard InChI is InChI=1S/C11H26N2O3S/c1-5-6-8-12(4)17(15,16)13(11(2)3)9-7-10-14/h11,14H,5-10H2,1-4H3. The van der Waals surface area contributed by atoms with Crippen molar-refractivity contribution in [3.8, 4) is 0 Å². The third kappa shape index (κ3) is 5.33. The molecule has 0 fully saturated rings. The van der Waals surface area contributed by atoms with Crippen molar-refractivity contribution in [3.63, 3.8) is 0 Å². The van der Waals surface area contributed by atoms with Gasteiger partial charge in [0.1, 0.15) is 0 Å². The van der Waals surface area contributed by atoms with Crippen LogP contribution in [0.2, 0.25) is 0 Å². The molecule has 0 heterocycles. The number of aliphatic hydroxyl groups is 1. The number of hydrogen-bond donors (Lipinski definition) is 1. The molecule has 0 spiro atoms. The van der Waals surface area contributed by atoms with E-state index in [1.54, 1.807) is 7.05 Å². The molecule has 104 valence electrons. The van der Waals surface area contributed by atoms with Crippen LogP contribution >= 0.6 is 0 Å². The van der Waals surface area contributed by atoms with Gasteiger partial charge in [-0.15, -0.1) is 0 Å². The number of aliphatic hydroxyl groups excluding tert-OH is 1. The predicted molar refractivity (Wildman–Crippen MR) is 70.0 cm³/mol. The molecule has 0 aliphatic rings. The van der Waals surface area contributed by atoms with Crippen LogP contribution in [-0.2, 0) is 10.2 Å². The van der Waals surface area contributed by atoms with Crippen molar-refractivity contribution in [1.82, 2.24) is 8.61 Å². The summed E-state index contributed by atoms with van der Waals surface area (Å²) in [6.07, 6.45) is 2.30. The fourth-order valence-corrected chi connectivity index (χ4v) is 3.15. The second-order valence-corrected chi connectivity index (χ2v) is 6.45. The Labute approximate surface area is 106 Å². The topological polar surface area (TPSA) is 60.9 Å². The maximum Gasteiger partial charge on any atom is 0.281 e. The van der Waals surface area contributed by atoms with Gasteiger partial charge in [0.05, 0.1) is 0 Å². The van der Waals surface area contributed by atoms with E-state index in [9.17, 15) is 8.42 Å². The molecule has 0 saturated heterocycles. The van der Waals surface area contributed by atoms with Gasteiger partial charge in [-0.1, -0.05) is 13.3 Å². The molecule has 0 unspecified atom stereocenters. The fourth-order valence-electron chi connectivity index (χ4n) is 1.54. The number of rotatable bonds is 9. The van der Waals surface area contributed by atoms with Gasteiger partial charge in [0.15, 0.2) is 0 Å². The molecule has 1 N–H and O–H groups in total. The third-order valence-corrected chi connectivity index (χ3v) is 4.80. The lowest BCUT2D eigenvalue weighted by molar-refractivity contribution is 0.251. The summed E-state index contributed by atoms with van der Waals surface area (Å²) in [6.45, 7) is 6.66. The Bertz CT molecular complexity index is 291. The minimum absolute atomic E-state index is 0.0113. The smallest absolute Gasteiger partial charge is 0.281 e. The van der Waals surface area contributed by atoms with Gasteiger partial charge in [-0.05, 0) is 26.7 Å². The lowest BCUT2D eigenvalue weighted by Crippen LogP contribution is -2.46. The van der Waals surface area contributed by atoms with E-state index in [1.165, 1.54) is 8.61 Å². The van der Waals surface area contributed by atoms with Crippen molar-refractivity contribution < 1.29 is 13.5 Å². The first-order chi connectivity index (χ1) is 7.87. The van der Waals surface area contributed by atoms with Crippen LogP contribution in [0.5, 0.6) is 0 Å². The van der Waals surface area contributed by atoms with Crippen LogP contribution in [0, 0.1) is 0 Å². The Morgan fingerprint density at radius 1 is 1.18 bits per heavy atom. The van der Waals surface area contributed by atoms with Crippen molar-refractivity contribution in [3.05, 3.63) is 0 Å². The summed E-state index contributed by atoms with van der Waals surface area (Å²) >= 11 is 0. The van der Waals surface area contributed by atoms with E-state index in [2.05, 4.69) is 0 Å². The van der Waals surface area contributed by atoms with E-state index in [1.807, 2.05) is 20.8 Å². The summed E-state index contributed by atoms with van der Waals surface area (Å²) in [4.78, 5) is 0. The highest BCUT2D eigenvalue weighted by molar-refractivity contribution is 7.86. The Hall–Kier alpha value is -0.170. The van der Waals surface area contributed by atoms with Crippen molar-refractivity contribution >= 4 is 10.2 Å². The second-order valence-electron chi connectivity index (χ2n) is 4.46. The summed E-state index contributed by atoms with van der Waals surface area (Å²) < 4.78 is 27.3. The van der Waals surface area contributed by atoms with Crippen LogP contribution < -0.4 is 0 Å². The first-order valence-electron chi connectivity index (χ1n) is 6.21. The summed E-state index contributed by atoms with van der Waals surface area (Å²) in [5.74, 6) is 0. The maximum absolute atomic E-state index is 12.3. The van der Waals surface area contributed by atoms with Crippen molar-refractivity contribution in [2.45, 2.75) is 46.1 Å². The van der Waals surface area contributed by atoms with E-state index in [4.69, 9.17) is 5.11 Å². The first kappa shape index (κ1) is 16.8. The average molecular weight is 266 g/mol. The molecule has 0 amide bonds. The number of unbranched alkanes of at least 4 members (excludes halogenated alkanes) is 1. The van der Waals surface area contributed by atoms with E-state index < -0.39 is 10.2 Å². The van der Waals surface area contributed by atoms with Crippen LogP contribution in [0.3, 0.4) is 0 Å². The summed E-state index contributed by atoms with van der Waals surface area (Å²) in [5, 5.41) is 8.81. The zero-order chi connectivity index (χ0) is 13.5. The summed E-state index contributed by atoms with van der Waals surface area (Å²) in [7, 11) is -1.78. The normalized spacial score (nSPS) is 12.9. The molecule has 17 heavy (non-hydrogen) atoms. The third-order valence-electron chi connectivity index (χ3n) is 2.63. The number of hydrogen-bond acceptors (Lipinski definition) is 3. The predicted octanol–water partition coefficient (Wildman–Crippen LogP) is 1.06. The van der Waals surface area contributed by atoms with Crippen molar-refractivity contribution in [2.24, 2.45) is 0 Å². The molecule has 0 atom stereocenters. The van der Waals surface area contributed by atoms with Gasteiger partial charge < -0.3 is 5.11 Å². The highest BCUT2D eigenvalue weighted by Crippen LogP contribution is 2.12. The Kier molecular flexibility index (Phi) is 7.94. The molecule has 0 aromatic carbocycles. The largest absolute Gasteiger partial charge is 0.396 e. The Morgan fingerprint density at radius 2 is 1.76 bits per heavy atom. The van der Waals surface area contributed by atoms with Gasteiger partial charge in [-0.25, -0.2) is 0 Å². The van der Waals surface area contributed by atoms with Crippen LogP contribution in [-0.4, -0.2) is 54.9 Å². The van der Waals surface area contributed by atoms with Crippen LogP contribution in [0.4, 0.5) is 0 Å².